The van der Waals surface area contributed by atoms with Crippen molar-refractivity contribution in [1.82, 2.24) is 14.7 Å². The zero-order valence-electron chi connectivity index (χ0n) is 22.4. The number of unbranched alkanes of at least 4 members (excludes halogenated alkanes) is 1. The summed E-state index contributed by atoms with van der Waals surface area (Å²) in [4.78, 5) is 33.8. The second-order valence-electron chi connectivity index (χ2n) is 11.7. The van der Waals surface area contributed by atoms with E-state index in [-0.39, 0.29) is 23.6 Å². The first-order valence-electron chi connectivity index (χ1n) is 14.6. The second-order valence-corrected chi connectivity index (χ2v) is 12.7. The van der Waals surface area contributed by atoms with Crippen molar-refractivity contribution in [2.45, 2.75) is 109 Å². The summed E-state index contributed by atoms with van der Waals surface area (Å²) >= 11 is 1.56. The molecule has 4 heterocycles. The zero-order chi connectivity index (χ0) is 25.1. The van der Waals surface area contributed by atoms with Crippen LogP contribution in [0.4, 0.5) is 4.79 Å². The Kier molecular flexibility index (Phi) is 8.26. The van der Waals surface area contributed by atoms with E-state index in [1.807, 2.05) is 23.3 Å². The Morgan fingerprint density at radius 3 is 2.44 bits per heavy atom. The lowest BCUT2D eigenvalue weighted by Gasteiger charge is -2.46. The number of carbonyl (C=O) groups is 2. The van der Waals surface area contributed by atoms with Crippen LogP contribution in [0.5, 0.6) is 0 Å². The molecule has 1 aromatic heterocycles. The van der Waals surface area contributed by atoms with Crippen LogP contribution in [0.15, 0.2) is 11.4 Å². The van der Waals surface area contributed by atoms with E-state index in [0.29, 0.717) is 12.0 Å². The Labute approximate surface area is 221 Å². The smallest absolute Gasteiger partial charge is 0.410 e. The lowest BCUT2D eigenvalue weighted by molar-refractivity contribution is -0.0385. The molecule has 0 aromatic carbocycles. The van der Waals surface area contributed by atoms with Gasteiger partial charge in [0.05, 0.1) is 10.9 Å². The van der Waals surface area contributed by atoms with Gasteiger partial charge < -0.3 is 14.5 Å². The van der Waals surface area contributed by atoms with Gasteiger partial charge >= 0.3 is 6.09 Å². The summed E-state index contributed by atoms with van der Waals surface area (Å²) in [5, 5.41) is 2.01. The molecular formula is C29H45N3O3S. The molecule has 1 saturated carbocycles. The molecule has 4 fully saturated rings. The first-order valence-corrected chi connectivity index (χ1v) is 15.5. The van der Waals surface area contributed by atoms with Crippen LogP contribution in [0.1, 0.15) is 99.2 Å². The van der Waals surface area contributed by atoms with Crippen LogP contribution in [0, 0.1) is 12.8 Å². The quantitative estimate of drug-likeness (QED) is 0.441. The van der Waals surface area contributed by atoms with E-state index in [9.17, 15) is 9.59 Å². The van der Waals surface area contributed by atoms with Gasteiger partial charge in [0, 0.05) is 51.6 Å². The number of ether oxygens (including phenoxy) is 1. The SMILES string of the molecule is CCCCC1N(CC2CCCCC2)C(=O)OC12CCN(C1CCN(C(=O)c3sccc3C)CC1)CC2. The third-order valence-electron chi connectivity index (χ3n) is 9.49. The minimum Gasteiger partial charge on any atom is -0.440 e. The van der Waals surface area contributed by atoms with Gasteiger partial charge in [-0.25, -0.2) is 4.79 Å². The lowest BCUT2D eigenvalue weighted by atomic mass is 9.80. The standard InChI is InChI=1S/C29H45N3O3S/c1-3-4-10-25-29(35-28(34)32(25)21-23-8-6-5-7-9-23)14-18-30(19-15-29)24-11-16-31(17-12-24)27(33)26-22(2)13-20-36-26/h13,20,23-25H,3-12,14-19,21H2,1-2H3. The first kappa shape index (κ1) is 26.0. The third-order valence-corrected chi connectivity index (χ3v) is 10.5. The molecule has 3 aliphatic heterocycles. The molecule has 1 spiro atoms. The van der Waals surface area contributed by atoms with Crippen LogP contribution < -0.4 is 0 Å². The molecule has 0 bridgehead atoms. The molecule has 4 aliphatic rings. The lowest BCUT2D eigenvalue weighted by Crippen LogP contribution is -2.56. The van der Waals surface area contributed by atoms with Gasteiger partial charge in [-0.2, -0.15) is 0 Å². The van der Waals surface area contributed by atoms with Crippen molar-refractivity contribution in [2.75, 3.05) is 32.7 Å². The predicted molar refractivity (Wildman–Crippen MR) is 145 cm³/mol. The Hall–Kier alpha value is -1.60. The van der Waals surface area contributed by atoms with Crippen LogP contribution in [0.3, 0.4) is 0 Å². The summed E-state index contributed by atoms with van der Waals surface area (Å²) in [7, 11) is 0. The molecular weight excluding hydrogens is 470 g/mol. The van der Waals surface area contributed by atoms with E-state index < -0.39 is 0 Å². The van der Waals surface area contributed by atoms with Gasteiger partial charge in [0.25, 0.3) is 5.91 Å². The number of aryl methyl sites for hydroxylation is 1. The highest BCUT2D eigenvalue weighted by atomic mass is 32.1. The van der Waals surface area contributed by atoms with E-state index in [1.165, 1.54) is 32.1 Å². The summed E-state index contributed by atoms with van der Waals surface area (Å²) in [5.41, 5.74) is 0.792. The molecule has 7 heteroatoms. The van der Waals surface area contributed by atoms with Gasteiger partial charge in [-0.3, -0.25) is 9.69 Å². The number of amides is 2. The molecule has 2 amide bonds. The van der Waals surface area contributed by atoms with Gasteiger partial charge in [0.2, 0.25) is 0 Å². The number of carbonyl (C=O) groups excluding carboxylic acids is 2. The monoisotopic (exact) mass is 515 g/mol. The maximum Gasteiger partial charge on any atom is 0.410 e. The Bertz CT molecular complexity index is 895. The summed E-state index contributed by atoms with van der Waals surface area (Å²) in [6, 6.07) is 2.80. The van der Waals surface area contributed by atoms with E-state index in [2.05, 4.69) is 16.7 Å². The molecule has 0 N–H and O–H groups in total. The highest BCUT2D eigenvalue weighted by Crippen LogP contribution is 2.43. The minimum absolute atomic E-state index is 0.0502. The Morgan fingerprint density at radius 2 is 1.81 bits per heavy atom. The maximum absolute atomic E-state index is 13.2. The van der Waals surface area contributed by atoms with E-state index in [0.717, 1.165) is 88.1 Å². The number of hydrogen-bond acceptors (Lipinski definition) is 5. The molecule has 1 unspecified atom stereocenters. The van der Waals surface area contributed by atoms with Crippen LogP contribution in [-0.2, 0) is 4.74 Å². The van der Waals surface area contributed by atoms with E-state index in [4.69, 9.17) is 4.74 Å². The number of rotatable bonds is 7. The largest absolute Gasteiger partial charge is 0.440 e. The second kappa shape index (κ2) is 11.4. The van der Waals surface area contributed by atoms with Crippen molar-refractivity contribution >= 4 is 23.3 Å². The van der Waals surface area contributed by atoms with Gasteiger partial charge in [0.1, 0.15) is 5.60 Å². The number of hydrogen-bond donors (Lipinski definition) is 0. The number of likely N-dealkylation sites (tertiary alicyclic amines) is 2. The van der Waals surface area contributed by atoms with Crippen LogP contribution >= 0.6 is 11.3 Å². The molecule has 6 nitrogen and oxygen atoms in total. The molecule has 1 atom stereocenters. The van der Waals surface area contributed by atoms with Crippen molar-refractivity contribution in [3.63, 3.8) is 0 Å². The number of thiophene rings is 1. The molecule has 1 aromatic rings. The summed E-state index contributed by atoms with van der Waals surface area (Å²) in [6.07, 6.45) is 13.8. The molecule has 5 rings (SSSR count). The normalized spacial score (nSPS) is 26.1. The summed E-state index contributed by atoms with van der Waals surface area (Å²) in [6.45, 7) is 8.84. The fourth-order valence-electron chi connectivity index (χ4n) is 7.25. The topological polar surface area (TPSA) is 53.1 Å². The van der Waals surface area contributed by atoms with E-state index in [1.54, 1.807) is 11.3 Å². The molecule has 1 aliphatic carbocycles. The molecule has 0 radical (unpaired) electrons. The van der Waals surface area contributed by atoms with Crippen LogP contribution in [0.25, 0.3) is 0 Å². The van der Waals surface area contributed by atoms with Gasteiger partial charge in [0.15, 0.2) is 0 Å². The van der Waals surface area contributed by atoms with Crippen LogP contribution in [0.2, 0.25) is 0 Å². The number of nitrogens with zero attached hydrogens (tertiary/aromatic N) is 3. The maximum atomic E-state index is 13.2. The predicted octanol–water partition coefficient (Wildman–Crippen LogP) is 6.09. The van der Waals surface area contributed by atoms with Crippen molar-refractivity contribution in [1.29, 1.82) is 0 Å². The minimum atomic E-state index is -0.301. The average Bonchev–Trinajstić information content (AvgIpc) is 3.44. The van der Waals surface area contributed by atoms with Gasteiger partial charge in [-0.1, -0.05) is 39.0 Å². The van der Waals surface area contributed by atoms with Crippen molar-refractivity contribution in [3.05, 3.63) is 21.9 Å². The van der Waals surface area contributed by atoms with Gasteiger partial charge in [-0.15, -0.1) is 11.3 Å². The summed E-state index contributed by atoms with van der Waals surface area (Å²) in [5.74, 6) is 0.852. The zero-order valence-corrected chi connectivity index (χ0v) is 23.2. The fraction of sp³-hybridized carbons (Fsp3) is 0.793. The Balaban J connectivity index is 1.17. The highest BCUT2D eigenvalue weighted by molar-refractivity contribution is 7.12. The highest BCUT2D eigenvalue weighted by Gasteiger charge is 2.55. The Morgan fingerprint density at radius 1 is 1.08 bits per heavy atom. The van der Waals surface area contributed by atoms with Crippen molar-refractivity contribution < 1.29 is 14.3 Å². The molecule has 36 heavy (non-hydrogen) atoms. The van der Waals surface area contributed by atoms with Gasteiger partial charge in [-0.05, 0) is 62.0 Å². The molecule has 3 saturated heterocycles. The summed E-state index contributed by atoms with van der Waals surface area (Å²) < 4.78 is 6.30. The average molecular weight is 516 g/mol. The van der Waals surface area contributed by atoms with Crippen molar-refractivity contribution in [2.24, 2.45) is 5.92 Å². The first-order chi connectivity index (χ1) is 17.5. The van der Waals surface area contributed by atoms with Crippen LogP contribution in [-0.4, -0.2) is 77.1 Å². The fourth-order valence-corrected chi connectivity index (χ4v) is 8.14. The third kappa shape index (κ3) is 5.33. The van der Waals surface area contributed by atoms with E-state index >= 15 is 0 Å². The van der Waals surface area contributed by atoms with Crippen molar-refractivity contribution in [3.8, 4) is 0 Å². The number of piperidine rings is 2. The molecule has 200 valence electrons.